The van der Waals surface area contributed by atoms with Gasteiger partial charge < -0.3 is 16.5 Å². The highest BCUT2D eigenvalue weighted by Gasteiger charge is 2.36. The summed E-state index contributed by atoms with van der Waals surface area (Å²) in [5.41, 5.74) is 19.4. The number of anilines is 2. The lowest BCUT2D eigenvalue weighted by Crippen LogP contribution is -2.30. The van der Waals surface area contributed by atoms with Crippen molar-refractivity contribution < 1.29 is 0 Å². The molecule has 0 fully saturated rings. The molecule has 0 atom stereocenters. The highest BCUT2D eigenvalue weighted by molar-refractivity contribution is 5.88. The van der Waals surface area contributed by atoms with Gasteiger partial charge in [-0.1, -0.05) is 48.5 Å². The zero-order valence-corrected chi connectivity index (χ0v) is 14.9. The number of aromatic amines is 1. The van der Waals surface area contributed by atoms with Gasteiger partial charge in [0, 0.05) is 33.4 Å². The molecule has 3 aromatic carbocycles. The van der Waals surface area contributed by atoms with Gasteiger partial charge in [0.1, 0.15) is 0 Å². The van der Waals surface area contributed by atoms with Crippen LogP contribution in [0.1, 0.15) is 22.4 Å². The average Bonchev–Trinajstić information content (AvgIpc) is 3.06. The first-order chi connectivity index (χ1) is 13.2. The summed E-state index contributed by atoms with van der Waals surface area (Å²) in [6, 6.07) is 25.0. The Morgan fingerprint density at radius 2 is 1.33 bits per heavy atom. The second-order valence-corrected chi connectivity index (χ2v) is 7.29. The molecule has 0 saturated heterocycles. The molecule has 0 unspecified atom stereocenters. The molecule has 1 heterocycles. The van der Waals surface area contributed by atoms with Gasteiger partial charge in [0.2, 0.25) is 0 Å². The van der Waals surface area contributed by atoms with Gasteiger partial charge in [-0.15, -0.1) is 0 Å². The molecular weight excluding hydrogens is 330 g/mol. The highest BCUT2D eigenvalue weighted by atomic mass is 14.7. The van der Waals surface area contributed by atoms with E-state index < -0.39 is 0 Å². The Hall–Kier alpha value is -3.46. The fraction of sp³-hybridized carbons (Fsp3) is 0.0833. The first-order valence-electron chi connectivity index (χ1n) is 9.17. The lowest BCUT2D eigenvalue weighted by atomic mass is 9.68. The van der Waals surface area contributed by atoms with Crippen LogP contribution in [0.2, 0.25) is 0 Å². The van der Waals surface area contributed by atoms with E-state index in [9.17, 15) is 0 Å². The predicted molar refractivity (Wildman–Crippen MR) is 114 cm³/mol. The lowest BCUT2D eigenvalue weighted by molar-refractivity contribution is 0.636. The van der Waals surface area contributed by atoms with Crippen LogP contribution in [-0.2, 0) is 11.8 Å². The molecule has 0 amide bonds. The maximum Gasteiger partial charge on any atom is 0.0461 e. The maximum absolute atomic E-state index is 5.95. The largest absolute Gasteiger partial charge is 0.399 e. The Bertz CT molecular complexity index is 1100. The third-order valence-corrected chi connectivity index (χ3v) is 5.69. The van der Waals surface area contributed by atoms with Gasteiger partial charge in [-0.05, 0) is 59.5 Å². The van der Waals surface area contributed by atoms with Crippen LogP contribution in [0, 0.1) is 0 Å². The molecule has 0 bridgehead atoms. The van der Waals surface area contributed by atoms with Gasteiger partial charge in [-0.3, -0.25) is 0 Å². The molecule has 1 aliphatic rings. The predicted octanol–water partition coefficient (Wildman–Crippen LogP) is 4.89. The summed E-state index contributed by atoms with van der Waals surface area (Å²) in [4.78, 5) is 3.55. The minimum absolute atomic E-state index is 0.251. The summed E-state index contributed by atoms with van der Waals surface area (Å²) in [6.07, 6.45) is 5.41. The van der Waals surface area contributed by atoms with Crippen LogP contribution in [0.25, 0.3) is 17.0 Å². The monoisotopic (exact) mass is 351 g/mol. The second-order valence-electron chi connectivity index (χ2n) is 7.29. The molecule has 27 heavy (non-hydrogen) atoms. The van der Waals surface area contributed by atoms with E-state index in [1.165, 1.54) is 33.3 Å². The smallest absolute Gasteiger partial charge is 0.0461 e. The summed E-state index contributed by atoms with van der Waals surface area (Å²) in [5, 5.41) is 1.28. The Balaban J connectivity index is 1.74. The van der Waals surface area contributed by atoms with Crippen molar-refractivity contribution in [3.8, 4) is 0 Å². The molecule has 5 rings (SSSR count). The number of hydrogen-bond acceptors (Lipinski definition) is 2. The Morgan fingerprint density at radius 3 is 1.96 bits per heavy atom. The molecule has 1 aliphatic carbocycles. The Kier molecular flexibility index (Phi) is 3.37. The minimum Gasteiger partial charge on any atom is -0.399 e. The van der Waals surface area contributed by atoms with Crippen molar-refractivity contribution in [2.45, 2.75) is 11.8 Å². The Labute approximate surface area is 158 Å². The van der Waals surface area contributed by atoms with Crippen LogP contribution in [0.15, 0.2) is 78.9 Å². The van der Waals surface area contributed by atoms with Gasteiger partial charge in [0.05, 0.1) is 0 Å². The molecule has 1 aromatic heterocycles. The standard InChI is InChI=1S/C24H21N3/c25-18-9-5-16(6-10-18)24(17-7-11-19(26)12-8-17)14-13-23-21(15-24)20-3-1-2-4-22(20)27-23/h1-14,27H,15,25-26H2. The number of H-pyrrole nitrogens is 1. The van der Waals surface area contributed by atoms with Crippen molar-refractivity contribution in [3.05, 3.63) is 101 Å². The summed E-state index contributed by atoms with van der Waals surface area (Å²) >= 11 is 0. The first-order valence-corrected chi connectivity index (χ1v) is 9.17. The van der Waals surface area contributed by atoms with Crippen molar-refractivity contribution >= 4 is 28.4 Å². The van der Waals surface area contributed by atoms with E-state index in [1.807, 2.05) is 24.3 Å². The van der Waals surface area contributed by atoms with Gasteiger partial charge in [-0.25, -0.2) is 0 Å². The van der Waals surface area contributed by atoms with E-state index in [-0.39, 0.29) is 5.41 Å². The highest BCUT2D eigenvalue weighted by Crippen LogP contribution is 2.43. The van der Waals surface area contributed by atoms with E-state index >= 15 is 0 Å². The van der Waals surface area contributed by atoms with Crippen LogP contribution < -0.4 is 11.5 Å². The molecule has 3 nitrogen and oxygen atoms in total. The molecular formula is C24H21N3. The Morgan fingerprint density at radius 1 is 0.741 bits per heavy atom. The van der Waals surface area contributed by atoms with Gasteiger partial charge in [-0.2, -0.15) is 0 Å². The fourth-order valence-corrected chi connectivity index (χ4v) is 4.24. The number of allylic oxidation sites excluding steroid dienone is 1. The fourth-order valence-electron chi connectivity index (χ4n) is 4.24. The van der Waals surface area contributed by atoms with Gasteiger partial charge in [0.15, 0.2) is 0 Å². The van der Waals surface area contributed by atoms with Gasteiger partial charge >= 0.3 is 0 Å². The number of para-hydroxylation sites is 1. The second kappa shape index (κ2) is 5.78. The van der Waals surface area contributed by atoms with Crippen LogP contribution in [0.3, 0.4) is 0 Å². The first kappa shape index (κ1) is 15.8. The normalized spacial score (nSPS) is 15.0. The summed E-state index contributed by atoms with van der Waals surface area (Å²) in [5.74, 6) is 0. The number of nitrogen functional groups attached to an aromatic ring is 2. The van der Waals surface area contributed by atoms with E-state index in [1.54, 1.807) is 0 Å². The van der Waals surface area contributed by atoms with Crippen LogP contribution in [-0.4, -0.2) is 4.98 Å². The molecule has 0 radical (unpaired) electrons. The third kappa shape index (κ3) is 2.43. The van der Waals surface area contributed by atoms with Crippen molar-refractivity contribution in [2.75, 3.05) is 11.5 Å². The number of rotatable bonds is 2. The zero-order valence-electron chi connectivity index (χ0n) is 14.9. The topological polar surface area (TPSA) is 67.8 Å². The molecule has 4 aromatic rings. The lowest BCUT2D eigenvalue weighted by Gasteiger charge is -2.35. The molecule has 132 valence electrons. The third-order valence-electron chi connectivity index (χ3n) is 5.69. The van der Waals surface area contributed by atoms with E-state index in [0.717, 1.165) is 17.8 Å². The maximum atomic E-state index is 5.95. The number of benzene rings is 3. The van der Waals surface area contributed by atoms with Crippen molar-refractivity contribution in [1.29, 1.82) is 0 Å². The SMILES string of the molecule is Nc1ccc(C2(c3ccc(N)cc3)C=Cc3[nH]c4ccccc4c3C2)cc1. The van der Waals surface area contributed by atoms with Crippen molar-refractivity contribution in [2.24, 2.45) is 0 Å². The number of aromatic nitrogens is 1. The van der Waals surface area contributed by atoms with E-state index in [4.69, 9.17) is 11.5 Å². The van der Waals surface area contributed by atoms with Crippen molar-refractivity contribution in [3.63, 3.8) is 0 Å². The van der Waals surface area contributed by atoms with E-state index in [2.05, 4.69) is 65.7 Å². The molecule has 0 aliphatic heterocycles. The molecule has 5 N–H and O–H groups in total. The molecule has 3 heteroatoms. The minimum atomic E-state index is -0.251. The number of nitrogens with two attached hydrogens (primary N) is 2. The number of nitrogens with one attached hydrogen (secondary N) is 1. The molecule has 0 saturated carbocycles. The quantitative estimate of drug-likeness (QED) is 0.450. The van der Waals surface area contributed by atoms with Crippen LogP contribution in [0.4, 0.5) is 11.4 Å². The van der Waals surface area contributed by atoms with Crippen molar-refractivity contribution in [1.82, 2.24) is 4.98 Å². The van der Waals surface area contributed by atoms with Gasteiger partial charge in [0.25, 0.3) is 0 Å². The summed E-state index contributed by atoms with van der Waals surface area (Å²) < 4.78 is 0. The van der Waals surface area contributed by atoms with Crippen LogP contribution in [0.5, 0.6) is 0 Å². The molecule has 0 spiro atoms. The van der Waals surface area contributed by atoms with E-state index in [0.29, 0.717) is 0 Å². The number of hydrogen-bond donors (Lipinski definition) is 3. The summed E-state index contributed by atoms with van der Waals surface area (Å²) in [6.45, 7) is 0. The van der Waals surface area contributed by atoms with Crippen LogP contribution >= 0.6 is 0 Å². The number of fused-ring (bicyclic) bond motifs is 3. The zero-order chi connectivity index (χ0) is 18.4. The average molecular weight is 351 g/mol. The summed E-state index contributed by atoms with van der Waals surface area (Å²) in [7, 11) is 0.